The minimum absolute atomic E-state index is 0.168. The van der Waals surface area contributed by atoms with Crippen LogP contribution in [-0.2, 0) is 11.2 Å². The van der Waals surface area contributed by atoms with Gasteiger partial charge >= 0.3 is 0 Å². The zero-order chi connectivity index (χ0) is 17.8. The van der Waals surface area contributed by atoms with Gasteiger partial charge in [-0.15, -0.1) is 11.3 Å². The summed E-state index contributed by atoms with van der Waals surface area (Å²) in [7, 11) is 0. The van der Waals surface area contributed by atoms with E-state index in [1.165, 1.54) is 17.4 Å². The molecular formula is C19H15FN2O2S. The second-order valence-electron chi connectivity index (χ2n) is 5.60. The minimum Gasteiger partial charge on any atom is -0.461 e. The van der Waals surface area contributed by atoms with Crippen molar-refractivity contribution in [2.75, 3.05) is 0 Å². The highest BCUT2D eigenvalue weighted by atomic mass is 32.1. The van der Waals surface area contributed by atoms with Gasteiger partial charge in [0.2, 0.25) is 0 Å². The normalized spacial score (nSPS) is 11.9. The van der Waals surface area contributed by atoms with Crippen LogP contribution < -0.4 is 0 Å². The van der Waals surface area contributed by atoms with Crippen LogP contribution in [0.25, 0.3) is 11.3 Å². The molecule has 6 heteroatoms. The highest BCUT2D eigenvalue weighted by Crippen LogP contribution is 2.26. The summed E-state index contributed by atoms with van der Waals surface area (Å²) < 4.78 is 19.4. The van der Waals surface area contributed by atoms with Crippen molar-refractivity contribution >= 4 is 17.1 Å². The van der Waals surface area contributed by atoms with Crippen molar-refractivity contribution in [2.45, 2.75) is 25.7 Å². The number of thiazole rings is 1. The van der Waals surface area contributed by atoms with Crippen molar-refractivity contribution in [3.8, 4) is 17.4 Å². The summed E-state index contributed by atoms with van der Waals surface area (Å²) in [5.41, 5.74) is 1.18. The van der Waals surface area contributed by atoms with Crippen LogP contribution in [0.2, 0.25) is 0 Å². The second-order valence-corrected chi connectivity index (χ2v) is 6.49. The number of hydrogen-bond acceptors (Lipinski definition) is 5. The third kappa shape index (κ3) is 3.83. The van der Waals surface area contributed by atoms with E-state index in [1.54, 1.807) is 30.3 Å². The lowest BCUT2D eigenvalue weighted by Crippen LogP contribution is -2.11. The van der Waals surface area contributed by atoms with Gasteiger partial charge in [0.15, 0.2) is 11.7 Å². The summed E-state index contributed by atoms with van der Waals surface area (Å²) in [6.07, 6.45) is 0.525. The first kappa shape index (κ1) is 17.1. The molecular weight excluding hydrogens is 339 g/mol. The molecule has 0 amide bonds. The number of rotatable bonds is 6. The number of aryl methyl sites for hydroxylation is 2. The Morgan fingerprint density at radius 2 is 2.16 bits per heavy atom. The van der Waals surface area contributed by atoms with Crippen molar-refractivity contribution in [3.05, 3.63) is 64.1 Å². The molecule has 2 heterocycles. The number of nitrogens with zero attached hydrogens (tertiary/aromatic N) is 2. The number of hydrogen-bond donors (Lipinski definition) is 0. The van der Waals surface area contributed by atoms with Crippen molar-refractivity contribution in [3.63, 3.8) is 0 Å². The van der Waals surface area contributed by atoms with Crippen LogP contribution in [0, 0.1) is 24.1 Å². The summed E-state index contributed by atoms with van der Waals surface area (Å²) in [6.45, 7) is 1.83. The largest absolute Gasteiger partial charge is 0.461 e. The van der Waals surface area contributed by atoms with E-state index >= 15 is 0 Å². The molecule has 3 aromatic rings. The van der Waals surface area contributed by atoms with Gasteiger partial charge in [-0.3, -0.25) is 4.79 Å². The lowest BCUT2D eigenvalue weighted by molar-refractivity contribution is -0.119. The Morgan fingerprint density at radius 3 is 2.84 bits per heavy atom. The number of carbonyl (C=O) groups excluding carboxylic acids is 1. The van der Waals surface area contributed by atoms with E-state index in [0.717, 1.165) is 5.69 Å². The fraction of sp³-hybridized carbons (Fsp3) is 0.211. The average Bonchev–Trinajstić information content (AvgIpc) is 3.23. The molecule has 0 saturated carbocycles. The van der Waals surface area contributed by atoms with Gasteiger partial charge in [0.05, 0.1) is 11.6 Å². The topological polar surface area (TPSA) is 66.9 Å². The van der Waals surface area contributed by atoms with Gasteiger partial charge in [0, 0.05) is 23.9 Å². The summed E-state index contributed by atoms with van der Waals surface area (Å²) in [5.74, 6) is -0.393. The van der Waals surface area contributed by atoms with Gasteiger partial charge in [-0.25, -0.2) is 9.37 Å². The van der Waals surface area contributed by atoms with Gasteiger partial charge < -0.3 is 4.42 Å². The number of furan rings is 1. The minimum atomic E-state index is -0.847. The van der Waals surface area contributed by atoms with Crippen LogP contribution in [0.4, 0.5) is 4.39 Å². The third-order valence-corrected chi connectivity index (χ3v) is 4.78. The van der Waals surface area contributed by atoms with Gasteiger partial charge in [0.1, 0.15) is 22.3 Å². The van der Waals surface area contributed by atoms with Crippen LogP contribution in [-0.4, -0.2) is 10.8 Å². The average molecular weight is 354 g/mol. The fourth-order valence-electron chi connectivity index (χ4n) is 2.48. The van der Waals surface area contributed by atoms with E-state index in [2.05, 4.69) is 4.98 Å². The lowest BCUT2D eigenvalue weighted by Gasteiger charge is -2.04. The molecule has 4 nitrogen and oxygen atoms in total. The Hall–Kier alpha value is -2.78. The molecule has 0 N–H and O–H groups in total. The van der Waals surface area contributed by atoms with E-state index in [-0.39, 0.29) is 18.0 Å². The number of halogens is 1. The number of ketones is 1. The highest BCUT2D eigenvalue weighted by molar-refractivity contribution is 7.09. The maximum atomic E-state index is 13.8. The van der Waals surface area contributed by atoms with Gasteiger partial charge in [-0.2, -0.15) is 5.26 Å². The zero-order valence-corrected chi connectivity index (χ0v) is 14.3. The number of carbonyl (C=O) groups is 1. The fourth-order valence-corrected chi connectivity index (χ4v) is 3.34. The molecule has 126 valence electrons. The quantitative estimate of drug-likeness (QED) is 0.646. The van der Waals surface area contributed by atoms with Gasteiger partial charge in [-0.05, 0) is 31.2 Å². The molecule has 1 unspecified atom stereocenters. The molecule has 1 aromatic carbocycles. The first-order valence-corrected chi connectivity index (χ1v) is 8.64. The Bertz CT molecular complexity index is 939. The van der Waals surface area contributed by atoms with E-state index in [9.17, 15) is 14.4 Å². The standard InChI is InChI=1S/C19H15FN2O2S/c1-12-11-25-19(22-12)15(10-21)17(23)8-6-13-7-9-18(24-13)14-4-2-3-5-16(14)20/h2-5,7,9,11,15H,6,8H2,1H3. The summed E-state index contributed by atoms with van der Waals surface area (Å²) >= 11 is 1.32. The molecule has 0 aliphatic rings. The summed E-state index contributed by atoms with van der Waals surface area (Å²) in [5, 5.41) is 11.6. The monoisotopic (exact) mass is 354 g/mol. The second kappa shape index (κ2) is 7.41. The lowest BCUT2D eigenvalue weighted by atomic mass is 10.0. The SMILES string of the molecule is Cc1csc(C(C#N)C(=O)CCc2ccc(-c3ccccc3F)o2)n1. The van der Waals surface area contributed by atoms with Crippen LogP contribution in [0.15, 0.2) is 46.2 Å². The number of benzene rings is 1. The molecule has 0 fully saturated rings. The Labute approximate surface area is 148 Å². The molecule has 0 aliphatic carbocycles. The van der Waals surface area contributed by atoms with E-state index < -0.39 is 5.92 Å². The summed E-state index contributed by atoms with van der Waals surface area (Å²) in [6, 6.07) is 11.8. The Kier molecular flexibility index (Phi) is 5.05. The maximum Gasteiger partial charge on any atom is 0.157 e. The predicted molar refractivity (Wildman–Crippen MR) is 92.6 cm³/mol. The van der Waals surface area contributed by atoms with Crippen LogP contribution in [0.3, 0.4) is 0 Å². The third-order valence-electron chi connectivity index (χ3n) is 3.75. The molecule has 0 spiro atoms. The van der Waals surface area contributed by atoms with Crippen LogP contribution >= 0.6 is 11.3 Å². The van der Waals surface area contributed by atoms with E-state index in [4.69, 9.17) is 4.42 Å². The summed E-state index contributed by atoms with van der Waals surface area (Å²) in [4.78, 5) is 16.6. The van der Waals surface area contributed by atoms with Crippen LogP contribution in [0.1, 0.15) is 28.8 Å². The molecule has 0 radical (unpaired) electrons. The highest BCUT2D eigenvalue weighted by Gasteiger charge is 2.23. The first-order chi connectivity index (χ1) is 12.1. The molecule has 0 bridgehead atoms. The van der Waals surface area contributed by atoms with Crippen LogP contribution in [0.5, 0.6) is 0 Å². The molecule has 2 aromatic heterocycles. The zero-order valence-electron chi connectivity index (χ0n) is 13.5. The molecule has 0 saturated heterocycles. The Balaban J connectivity index is 1.67. The first-order valence-electron chi connectivity index (χ1n) is 7.76. The van der Waals surface area contributed by atoms with Crippen molar-refractivity contribution < 1.29 is 13.6 Å². The smallest absolute Gasteiger partial charge is 0.157 e. The van der Waals surface area contributed by atoms with Crippen molar-refractivity contribution in [1.82, 2.24) is 4.98 Å². The maximum absolute atomic E-state index is 13.8. The van der Waals surface area contributed by atoms with Crippen molar-refractivity contribution in [1.29, 1.82) is 5.26 Å². The van der Waals surface area contributed by atoms with Crippen molar-refractivity contribution in [2.24, 2.45) is 0 Å². The van der Waals surface area contributed by atoms with E-state index in [1.807, 2.05) is 18.4 Å². The number of nitriles is 1. The number of aromatic nitrogens is 1. The molecule has 3 rings (SSSR count). The van der Waals surface area contributed by atoms with Gasteiger partial charge in [0.25, 0.3) is 0 Å². The Morgan fingerprint density at radius 1 is 1.36 bits per heavy atom. The van der Waals surface area contributed by atoms with E-state index in [0.29, 0.717) is 28.5 Å². The molecule has 1 atom stereocenters. The predicted octanol–water partition coefficient (Wildman–Crippen LogP) is 4.66. The number of Topliss-reactive ketones (excluding diaryl/α,β-unsaturated/α-hetero) is 1. The van der Waals surface area contributed by atoms with Gasteiger partial charge in [-0.1, -0.05) is 12.1 Å². The molecule has 0 aliphatic heterocycles. The molecule has 25 heavy (non-hydrogen) atoms.